The summed E-state index contributed by atoms with van der Waals surface area (Å²) in [5.41, 5.74) is 4.36. The minimum absolute atomic E-state index is 0.436. The Balaban J connectivity index is 1.81. The highest BCUT2D eigenvalue weighted by Gasteiger charge is 2.44. The van der Waals surface area contributed by atoms with Crippen LogP contribution in [0.5, 0.6) is 0 Å². The van der Waals surface area contributed by atoms with E-state index in [1.807, 2.05) is 30.5 Å². The monoisotopic (exact) mass is 359 g/mol. The molecule has 5 heteroatoms. The zero-order valence-electron chi connectivity index (χ0n) is 16.0. The summed E-state index contributed by atoms with van der Waals surface area (Å²) in [5, 5.41) is 8.87. The highest BCUT2D eigenvalue weighted by atomic mass is 15.3. The number of hydrogen-bond donors (Lipinski definition) is 1. The molecule has 0 amide bonds. The number of nitrogens with one attached hydrogen (secondary N) is 1. The highest BCUT2D eigenvalue weighted by Crippen LogP contribution is 2.47. The van der Waals surface area contributed by atoms with Gasteiger partial charge in [-0.15, -0.1) is 0 Å². The molecule has 2 aliphatic heterocycles. The summed E-state index contributed by atoms with van der Waals surface area (Å²) in [5.74, 6) is 0.550. The largest absolute Gasteiger partial charge is 0.370 e. The molecule has 1 fully saturated rings. The van der Waals surface area contributed by atoms with Gasteiger partial charge in [-0.05, 0) is 44.7 Å². The van der Waals surface area contributed by atoms with Crippen molar-refractivity contribution in [2.45, 2.75) is 45.1 Å². The van der Waals surface area contributed by atoms with E-state index in [9.17, 15) is 0 Å². The third-order valence-corrected chi connectivity index (χ3v) is 5.76. The number of rotatable bonds is 3. The summed E-state index contributed by atoms with van der Waals surface area (Å²) >= 11 is 0. The average Bonchev–Trinajstić information content (AvgIpc) is 2.90. The normalized spacial score (nSPS) is 18.3. The Hall–Kier alpha value is -2.87. The quantitative estimate of drug-likeness (QED) is 0.793. The maximum absolute atomic E-state index is 8.87. The van der Waals surface area contributed by atoms with Crippen LogP contribution in [0.3, 0.4) is 0 Å². The summed E-state index contributed by atoms with van der Waals surface area (Å²) < 4.78 is 0. The van der Waals surface area contributed by atoms with E-state index in [1.165, 1.54) is 24.9 Å². The second-order valence-electron chi connectivity index (χ2n) is 7.88. The van der Waals surface area contributed by atoms with Crippen LogP contribution in [-0.4, -0.2) is 23.9 Å². The minimum Gasteiger partial charge on any atom is -0.370 e. The van der Waals surface area contributed by atoms with Crippen LogP contribution < -0.4 is 9.80 Å². The number of piperidine rings is 1. The summed E-state index contributed by atoms with van der Waals surface area (Å²) in [6.07, 6.45) is 5.58. The molecule has 0 spiro atoms. The molecule has 0 bridgehead atoms. The van der Waals surface area contributed by atoms with E-state index >= 15 is 0 Å². The highest BCUT2D eigenvalue weighted by molar-refractivity contribution is 6.11. The van der Waals surface area contributed by atoms with Crippen LogP contribution >= 0.6 is 0 Å². The van der Waals surface area contributed by atoms with Crippen molar-refractivity contribution < 1.29 is 0 Å². The van der Waals surface area contributed by atoms with Gasteiger partial charge >= 0.3 is 0 Å². The van der Waals surface area contributed by atoms with Crippen LogP contribution in [-0.2, 0) is 12.0 Å². The first kappa shape index (κ1) is 17.5. The van der Waals surface area contributed by atoms with Gasteiger partial charge in [-0.2, -0.15) is 0 Å². The van der Waals surface area contributed by atoms with Crippen LogP contribution in [0.15, 0.2) is 36.5 Å². The smallest absolute Gasteiger partial charge is 0.192 e. The predicted octanol–water partition coefficient (Wildman–Crippen LogP) is 4.90. The molecule has 138 valence electrons. The van der Waals surface area contributed by atoms with Gasteiger partial charge in [0, 0.05) is 25.8 Å². The summed E-state index contributed by atoms with van der Waals surface area (Å²) in [6.45, 7) is 14.2. The fourth-order valence-corrected chi connectivity index (χ4v) is 4.20. The first-order valence-corrected chi connectivity index (χ1v) is 9.60. The van der Waals surface area contributed by atoms with Crippen molar-refractivity contribution in [1.29, 1.82) is 5.41 Å². The van der Waals surface area contributed by atoms with E-state index in [0.717, 1.165) is 30.0 Å². The lowest BCUT2D eigenvalue weighted by Crippen LogP contribution is -2.36. The van der Waals surface area contributed by atoms with Gasteiger partial charge in [0.1, 0.15) is 5.84 Å². The van der Waals surface area contributed by atoms with Crippen LogP contribution in [0.4, 0.5) is 17.1 Å². The lowest BCUT2D eigenvalue weighted by molar-refractivity contribution is 0.577. The molecule has 27 heavy (non-hydrogen) atoms. The number of anilines is 2. The number of benzene rings is 1. The molecule has 1 N–H and O–H groups in total. The molecule has 4 rings (SSSR count). The van der Waals surface area contributed by atoms with E-state index in [0.29, 0.717) is 18.1 Å². The molecule has 0 radical (unpaired) electrons. The summed E-state index contributed by atoms with van der Waals surface area (Å²) in [7, 11) is 0. The Morgan fingerprint density at radius 3 is 2.63 bits per heavy atom. The maximum atomic E-state index is 8.87. The Bertz CT molecular complexity index is 919. The summed E-state index contributed by atoms with van der Waals surface area (Å²) in [6, 6.07) is 9.79. The fourth-order valence-electron chi connectivity index (χ4n) is 4.20. The molecule has 0 unspecified atom stereocenters. The standard InChI is InChI=1S/C22H25N5/c1-22(2)20-19(18(11-12-25-20)26-13-7-4-8-14-26)27(21(22)23)15-16-9-5-6-10-17(16)24-3/h5-6,9-12,23H,4,7-8,13-15H2,1-2H3. The SMILES string of the molecule is [C-]#[N+]c1ccccc1CN1C(=N)C(C)(C)c2nccc(N3CCCCC3)c21. The first-order chi connectivity index (χ1) is 13.0. The number of hydrogen-bond acceptors (Lipinski definition) is 3. The Kier molecular flexibility index (Phi) is 4.35. The minimum atomic E-state index is -0.436. The van der Waals surface area contributed by atoms with E-state index < -0.39 is 5.41 Å². The van der Waals surface area contributed by atoms with Gasteiger partial charge in [-0.25, -0.2) is 4.85 Å². The second kappa shape index (κ2) is 6.70. The molecule has 3 heterocycles. The van der Waals surface area contributed by atoms with Gasteiger partial charge in [-0.1, -0.05) is 24.3 Å². The first-order valence-electron chi connectivity index (χ1n) is 9.60. The average molecular weight is 359 g/mol. The number of para-hydroxylation sites is 1. The van der Waals surface area contributed by atoms with Crippen LogP contribution in [0, 0.1) is 12.0 Å². The maximum Gasteiger partial charge on any atom is 0.192 e. The molecule has 0 saturated carbocycles. The van der Waals surface area contributed by atoms with Crippen molar-refractivity contribution in [3.8, 4) is 0 Å². The fraction of sp³-hybridized carbons (Fsp3) is 0.409. The number of fused-ring (bicyclic) bond motifs is 1. The van der Waals surface area contributed by atoms with E-state index in [2.05, 4.69) is 39.5 Å². The van der Waals surface area contributed by atoms with Gasteiger partial charge in [-0.3, -0.25) is 10.4 Å². The van der Waals surface area contributed by atoms with Gasteiger partial charge < -0.3 is 9.80 Å². The molecule has 1 saturated heterocycles. The van der Waals surface area contributed by atoms with Crippen LogP contribution in [0.2, 0.25) is 0 Å². The van der Waals surface area contributed by atoms with E-state index in [1.54, 1.807) is 0 Å². The number of amidine groups is 1. The molecule has 1 aromatic carbocycles. The third-order valence-electron chi connectivity index (χ3n) is 5.76. The topological polar surface area (TPSA) is 47.6 Å². The Morgan fingerprint density at radius 2 is 1.89 bits per heavy atom. The molecule has 1 aromatic heterocycles. The lowest BCUT2D eigenvalue weighted by atomic mass is 9.89. The van der Waals surface area contributed by atoms with Crippen molar-refractivity contribution in [3.63, 3.8) is 0 Å². The van der Waals surface area contributed by atoms with Crippen molar-refractivity contribution >= 4 is 22.9 Å². The summed E-state index contributed by atoms with van der Waals surface area (Å²) in [4.78, 5) is 12.9. The molecule has 0 aliphatic carbocycles. The lowest BCUT2D eigenvalue weighted by Gasteiger charge is -2.32. The Labute approximate surface area is 161 Å². The van der Waals surface area contributed by atoms with E-state index in [-0.39, 0.29) is 0 Å². The van der Waals surface area contributed by atoms with E-state index in [4.69, 9.17) is 12.0 Å². The number of nitrogens with zero attached hydrogens (tertiary/aromatic N) is 4. The van der Waals surface area contributed by atoms with Gasteiger partial charge in [0.2, 0.25) is 0 Å². The van der Waals surface area contributed by atoms with Crippen molar-refractivity contribution in [2.24, 2.45) is 0 Å². The van der Waals surface area contributed by atoms with Crippen molar-refractivity contribution in [1.82, 2.24) is 4.98 Å². The van der Waals surface area contributed by atoms with Gasteiger partial charge in [0.25, 0.3) is 0 Å². The molecular weight excluding hydrogens is 334 g/mol. The zero-order valence-corrected chi connectivity index (χ0v) is 16.0. The predicted molar refractivity (Wildman–Crippen MR) is 110 cm³/mol. The second-order valence-corrected chi connectivity index (χ2v) is 7.88. The van der Waals surface area contributed by atoms with Crippen molar-refractivity contribution in [2.75, 3.05) is 22.9 Å². The van der Waals surface area contributed by atoms with Gasteiger partial charge in [0.05, 0.1) is 29.1 Å². The molecular formula is C22H25N5. The molecule has 0 atom stereocenters. The third kappa shape index (κ3) is 2.86. The molecule has 2 aromatic rings. The number of aromatic nitrogens is 1. The van der Waals surface area contributed by atoms with Crippen molar-refractivity contribution in [3.05, 3.63) is 59.2 Å². The molecule has 5 nitrogen and oxygen atoms in total. The van der Waals surface area contributed by atoms with Crippen LogP contribution in [0.25, 0.3) is 4.85 Å². The number of pyridine rings is 1. The molecule has 2 aliphatic rings. The zero-order chi connectivity index (χ0) is 19.0. The van der Waals surface area contributed by atoms with Gasteiger partial charge in [0.15, 0.2) is 5.69 Å². The van der Waals surface area contributed by atoms with Crippen LogP contribution in [0.1, 0.15) is 44.4 Å². The Morgan fingerprint density at radius 1 is 1.15 bits per heavy atom.